The number of thiazole rings is 1. The second-order valence-corrected chi connectivity index (χ2v) is 6.39. The molecule has 0 bridgehead atoms. The van der Waals surface area contributed by atoms with E-state index in [4.69, 9.17) is 0 Å². The largest absolute Gasteiger partial charge is 0.356 e. The maximum absolute atomic E-state index is 4.53. The maximum Gasteiger partial charge on any atom is 0.191 e. The van der Waals surface area contributed by atoms with Crippen LogP contribution in [0, 0.1) is 0 Å². The van der Waals surface area contributed by atoms with Crippen LogP contribution >= 0.6 is 23.1 Å². The summed E-state index contributed by atoms with van der Waals surface area (Å²) in [6, 6.07) is 0. The van der Waals surface area contributed by atoms with Crippen molar-refractivity contribution in [2.24, 2.45) is 4.99 Å². The lowest BCUT2D eigenvalue weighted by atomic mass is 10.3. The predicted octanol–water partition coefficient (Wildman–Crippen LogP) is 2.02. The van der Waals surface area contributed by atoms with Crippen molar-refractivity contribution in [2.45, 2.75) is 19.4 Å². The van der Waals surface area contributed by atoms with Gasteiger partial charge in [0.25, 0.3) is 0 Å². The Kier molecular flexibility index (Phi) is 8.45. The minimum Gasteiger partial charge on any atom is -0.356 e. The number of aliphatic imine (C=N–C) groups is 1. The van der Waals surface area contributed by atoms with Crippen molar-refractivity contribution in [1.29, 1.82) is 0 Å². The SMILES string of the molecule is CN=C(NCCCCSC)NCc1csc(N(C)C)n1. The summed E-state index contributed by atoms with van der Waals surface area (Å²) in [6.07, 6.45) is 4.55. The van der Waals surface area contributed by atoms with Gasteiger partial charge in [-0.1, -0.05) is 0 Å². The molecule has 0 amide bonds. The zero-order valence-electron chi connectivity index (χ0n) is 12.8. The number of guanidine groups is 1. The van der Waals surface area contributed by atoms with Gasteiger partial charge >= 0.3 is 0 Å². The van der Waals surface area contributed by atoms with Gasteiger partial charge in [0.2, 0.25) is 0 Å². The fourth-order valence-electron chi connectivity index (χ4n) is 1.56. The molecular formula is C13H25N5S2. The van der Waals surface area contributed by atoms with E-state index in [1.54, 1.807) is 18.4 Å². The molecule has 7 heteroatoms. The number of rotatable bonds is 8. The predicted molar refractivity (Wildman–Crippen MR) is 92.3 cm³/mol. The Morgan fingerprint density at radius 1 is 1.40 bits per heavy atom. The number of hydrogen-bond donors (Lipinski definition) is 2. The number of anilines is 1. The lowest BCUT2D eigenvalue weighted by Gasteiger charge is -2.11. The van der Waals surface area contributed by atoms with Crippen molar-refractivity contribution < 1.29 is 0 Å². The van der Waals surface area contributed by atoms with Gasteiger partial charge in [0, 0.05) is 33.1 Å². The van der Waals surface area contributed by atoms with Crippen LogP contribution in [0.1, 0.15) is 18.5 Å². The monoisotopic (exact) mass is 315 g/mol. The van der Waals surface area contributed by atoms with Gasteiger partial charge in [-0.05, 0) is 24.9 Å². The summed E-state index contributed by atoms with van der Waals surface area (Å²) in [7, 11) is 5.81. The molecule has 114 valence electrons. The Balaban J connectivity index is 2.26. The first-order valence-corrected chi connectivity index (χ1v) is 9.00. The van der Waals surface area contributed by atoms with E-state index >= 15 is 0 Å². The summed E-state index contributed by atoms with van der Waals surface area (Å²) >= 11 is 3.55. The lowest BCUT2D eigenvalue weighted by Crippen LogP contribution is -2.37. The smallest absolute Gasteiger partial charge is 0.191 e. The van der Waals surface area contributed by atoms with Gasteiger partial charge in [-0.3, -0.25) is 4.99 Å². The Bertz CT molecular complexity index is 403. The highest BCUT2D eigenvalue weighted by molar-refractivity contribution is 7.98. The number of hydrogen-bond acceptors (Lipinski definition) is 5. The molecule has 0 unspecified atom stereocenters. The highest BCUT2D eigenvalue weighted by Crippen LogP contribution is 2.17. The first kappa shape index (κ1) is 17.1. The molecule has 0 saturated carbocycles. The highest BCUT2D eigenvalue weighted by Gasteiger charge is 2.04. The summed E-state index contributed by atoms with van der Waals surface area (Å²) in [4.78, 5) is 10.8. The van der Waals surface area contributed by atoms with Gasteiger partial charge < -0.3 is 15.5 Å². The zero-order valence-corrected chi connectivity index (χ0v) is 14.4. The standard InChI is InChI=1S/C13H25N5S2/c1-14-12(15-7-5-6-8-19-4)16-9-11-10-20-13(17-11)18(2)3/h10H,5-9H2,1-4H3,(H2,14,15,16). The molecule has 0 aliphatic heterocycles. The molecule has 0 spiro atoms. The van der Waals surface area contributed by atoms with E-state index in [-0.39, 0.29) is 0 Å². The van der Waals surface area contributed by atoms with E-state index < -0.39 is 0 Å². The molecule has 1 aromatic rings. The number of nitrogens with one attached hydrogen (secondary N) is 2. The first-order valence-electron chi connectivity index (χ1n) is 6.72. The van der Waals surface area contributed by atoms with Crippen LogP contribution in [0.2, 0.25) is 0 Å². The Labute approximate surface area is 130 Å². The summed E-state index contributed by atoms with van der Waals surface area (Å²) in [5, 5.41) is 9.72. The zero-order chi connectivity index (χ0) is 14.8. The Morgan fingerprint density at radius 2 is 2.20 bits per heavy atom. The average Bonchev–Trinajstić information content (AvgIpc) is 2.91. The molecule has 0 aliphatic rings. The minimum absolute atomic E-state index is 0.703. The van der Waals surface area contributed by atoms with Gasteiger partial charge in [0.15, 0.2) is 11.1 Å². The molecule has 20 heavy (non-hydrogen) atoms. The van der Waals surface area contributed by atoms with Crippen molar-refractivity contribution in [1.82, 2.24) is 15.6 Å². The molecule has 5 nitrogen and oxygen atoms in total. The van der Waals surface area contributed by atoms with Crippen LogP contribution in [0.15, 0.2) is 10.4 Å². The molecule has 1 aromatic heterocycles. The van der Waals surface area contributed by atoms with Crippen LogP contribution in [0.25, 0.3) is 0 Å². The molecule has 1 heterocycles. The third kappa shape index (κ3) is 6.47. The highest BCUT2D eigenvalue weighted by atomic mass is 32.2. The second kappa shape index (κ2) is 9.88. The van der Waals surface area contributed by atoms with Crippen molar-refractivity contribution in [3.8, 4) is 0 Å². The molecule has 1 rings (SSSR count). The topological polar surface area (TPSA) is 52.6 Å². The molecule has 0 fully saturated rings. The molecular weight excluding hydrogens is 290 g/mol. The quantitative estimate of drug-likeness (QED) is 0.437. The van der Waals surface area contributed by atoms with Crippen LogP contribution in [0.4, 0.5) is 5.13 Å². The molecule has 0 aliphatic carbocycles. The van der Waals surface area contributed by atoms with Gasteiger partial charge in [-0.25, -0.2) is 4.98 Å². The van der Waals surface area contributed by atoms with E-state index in [2.05, 4.69) is 32.2 Å². The van der Waals surface area contributed by atoms with Gasteiger partial charge in [-0.15, -0.1) is 11.3 Å². The van der Waals surface area contributed by atoms with Crippen LogP contribution < -0.4 is 15.5 Å². The van der Waals surface area contributed by atoms with E-state index in [0.29, 0.717) is 6.54 Å². The maximum atomic E-state index is 4.53. The fraction of sp³-hybridized carbons (Fsp3) is 0.692. The number of aromatic nitrogens is 1. The first-order chi connectivity index (χ1) is 9.67. The summed E-state index contributed by atoms with van der Waals surface area (Å²) in [6.45, 7) is 1.66. The van der Waals surface area contributed by atoms with E-state index in [0.717, 1.165) is 23.3 Å². The van der Waals surface area contributed by atoms with Gasteiger partial charge in [-0.2, -0.15) is 11.8 Å². The van der Waals surface area contributed by atoms with Crippen molar-refractivity contribution in [2.75, 3.05) is 44.6 Å². The van der Waals surface area contributed by atoms with Crippen LogP contribution in [0.5, 0.6) is 0 Å². The van der Waals surface area contributed by atoms with E-state index in [1.807, 2.05) is 30.8 Å². The van der Waals surface area contributed by atoms with Crippen LogP contribution in [-0.4, -0.2) is 50.6 Å². The summed E-state index contributed by atoms with van der Waals surface area (Å²) < 4.78 is 0. The molecule has 0 radical (unpaired) electrons. The molecule has 0 atom stereocenters. The van der Waals surface area contributed by atoms with Crippen molar-refractivity contribution in [3.05, 3.63) is 11.1 Å². The molecule has 2 N–H and O–H groups in total. The van der Waals surface area contributed by atoms with Crippen molar-refractivity contribution in [3.63, 3.8) is 0 Å². The lowest BCUT2D eigenvalue weighted by molar-refractivity contribution is 0.730. The van der Waals surface area contributed by atoms with E-state index in [9.17, 15) is 0 Å². The fourth-order valence-corrected chi connectivity index (χ4v) is 2.81. The normalized spacial score (nSPS) is 11.5. The van der Waals surface area contributed by atoms with Gasteiger partial charge in [0.1, 0.15) is 0 Å². The summed E-state index contributed by atoms with van der Waals surface area (Å²) in [5.41, 5.74) is 1.05. The minimum atomic E-state index is 0.703. The third-order valence-corrected chi connectivity index (χ3v) is 4.40. The third-order valence-electron chi connectivity index (χ3n) is 2.65. The molecule has 0 saturated heterocycles. The van der Waals surface area contributed by atoms with E-state index in [1.165, 1.54) is 18.6 Å². The Hall–Kier alpha value is -0.950. The summed E-state index contributed by atoms with van der Waals surface area (Å²) in [5.74, 6) is 2.06. The Morgan fingerprint density at radius 3 is 2.80 bits per heavy atom. The number of nitrogens with zero attached hydrogens (tertiary/aromatic N) is 3. The van der Waals surface area contributed by atoms with Crippen molar-refractivity contribution >= 4 is 34.2 Å². The van der Waals surface area contributed by atoms with Gasteiger partial charge in [0.05, 0.1) is 12.2 Å². The van der Waals surface area contributed by atoms with Crippen LogP contribution in [0.3, 0.4) is 0 Å². The van der Waals surface area contributed by atoms with Crippen LogP contribution in [-0.2, 0) is 6.54 Å². The number of thioether (sulfide) groups is 1. The molecule has 0 aromatic carbocycles. The second-order valence-electron chi connectivity index (χ2n) is 4.57. The average molecular weight is 316 g/mol. The number of unbranched alkanes of at least 4 members (excludes halogenated alkanes) is 1.